The number of benzene rings is 1. The van der Waals surface area contributed by atoms with E-state index in [1.165, 1.54) is 15.8 Å². The predicted octanol–water partition coefficient (Wildman–Crippen LogP) is -0.399. The van der Waals surface area contributed by atoms with Crippen LogP contribution in [0.1, 0.15) is 0 Å². The number of likely N-dealkylation sites (N-methyl/N-ethyl adjacent to an activating group) is 1. The molecule has 0 atom stereocenters. The Morgan fingerprint density at radius 2 is 2.00 bits per heavy atom. The fourth-order valence-electron chi connectivity index (χ4n) is 1.81. The minimum absolute atomic E-state index is 0.0541. The lowest BCUT2D eigenvalue weighted by atomic mass is 10.2. The summed E-state index contributed by atoms with van der Waals surface area (Å²) in [6.07, 6.45) is 1.18. The van der Waals surface area contributed by atoms with Crippen LogP contribution in [0.15, 0.2) is 35.3 Å². The summed E-state index contributed by atoms with van der Waals surface area (Å²) in [6, 6.07) is 6.93. The third-order valence-electron chi connectivity index (χ3n) is 2.99. The minimum Gasteiger partial charge on any atom is -0.347 e. The lowest BCUT2D eigenvalue weighted by molar-refractivity contribution is -0.131. The van der Waals surface area contributed by atoms with Gasteiger partial charge < -0.3 is 10.2 Å². The summed E-state index contributed by atoms with van der Waals surface area (Å²) in [7, 11) is 3.23. The maximum atomic E-state index is 11.8. The summed E-state index contributed by atoms with van der Waals surface area (Å²) in [5, 5.41) is 6.98. The molecule has 2 aromatic rings. The molecule has 0 aliphatic heterocycles. The molecule has 0 fully saturated rings. The molecule has 1 heterocycles. The number of hydrogen-bond donors (Lipinski definition) is 1. The van der Waals surface area contributed by atoms with Gasteiger partial charge in [0.1, 0.15) is 6.54 Å². The highest BCUT2D eigenvalue weighted by molar-refractivity contribution is 5.85. The van der Waals surface area contributed by atoms with Crippen LogP contribution in [0.4, 0.5) is 0 Å². The van der Waals surface area contributed by atoms with Crippen LogP contribution in [-0.2, 0) is 16.1 Å². The van der Waals surface area contributed by atoms with E-state index in [0.717, 1.165) is 0 Å². The van der Waals surface area contributed by atoms with Crippen molar-refractivity contribution in [2.75, 3.05) is 20.6 Å². The molecule has 7 nitrogen and oxygen atoms in total. The summed E-state index contributed by atoms with van der Waals surface area (Å²) in [4.78, 5) is 36.3. The Balaban J connectivity index is 2.13. The number of amides is 2. The molecule has 2 rings (SSSR count). The van der Waals surface area contributed by atoms with Gasteiger partial charge in [-0.15, -0.1) is 0 Å². The van der Waals surface area contributed by atoms with Crippen LogP contribution in [0.25, 0.3) is 10.9 Å². The second-order valence-electron chi connectivity index (χ2n) is 4.75. The van der Waals surface area contributed by atoms with E-state index in [9.17, 15) is 14.4 Å². The van der Waals surface area contributed by atoms with Gasteiger partial charge in [-0.1, -0.05) is 12.1 Å². The van der Waals surface area contributed by atoms with Crippen molar-refractivity contribution >= 4 is 22.7 Å². The maximum Gasteiger partial charge on any atom is 0.242 e. The molecule has 0 unspecified atom stereocenters. The molecule has 0 aliphatic rings. The van der Waals surface area contributed by atoms with Crippen LogP contribution in [0.5, 0.6) is 0 Å². The van der Waals surface area contributed by atoms with E-state index >= 15 is 0 Å². The van der Waals surface area contributed by atoms with Crippen LogP contribution < -0.4 is 10.7 Å². The van der Waals surface area contributed by atoms with Gasteiger partial charge in [0.2, 0.25) is 17.2 Å². The molecule has 2 amide bonds. The lowest BCUT2D eigenvalue weighted by Gasteiger charge is -2.12. The third-order valence-corrected chi connectivity index (χ3v) is 2.99. The van der Waals surface area contributed by atoms with Crippen LogP contribution in [0, 0.1) is 0 Å². The number of para-hydroxylation sites is 1. The van der Waals surface area contributed by atoms with Crippen LogP contribution in [0.3, 0.4) is 0 Å². The van der Waals surface area contributed by atoms with Crippen molar-refractivity contribution in [3.05, 3.63) is 40.7 Å². The van der Waals surface area contributed by atoms with Crippen LogP contribution >= 0.6 is 0 Å². The SMILES string of the molecule is CN(C)C(=O)CNC(=O)Cn1ncc(=O)c2ccccc21. The Morgan fingerprint density at radius 3 is 2.71 bits per heavy atom. The summed E-state index contributed by atoms with van der Waals surface area (Å²) in [5.74, 6) is -0.535. The Bertz CT molecular complexity index is 736. The fourth-order valence-corrected chi connectivity index (χ4v) is 1.81. The second kappa shape index (κ2) is 6.17. The van der Waals surface area contributed by atoms with Crippen LogP contribution in [-0.4, -0.2) is 47.1 Å². The van der Waals surface area contributed by atoms with Crippen molar-refractivity contribution < 1.29 is 9.59 Å². The van der Waals surface area contributed by atoms with Crippen molar-refractivity contribution in [2.24, 2.45) is 0 Å². The molecule has 0 saturated carbocycles. The van der Waals surface area contributed by atoms with Gasteiger partial charge >= 0.3 is 0 Å². The normalized spacial score (nSPS) is 10.4. The average Bonchev–Trinajstić information content (AvgIpc) is 2.48. The number of nitrogens with one attached hydrogen (secondary N) is 1. The summed E-state index contributed by atoms with van der Waals surface area (Å²) in [6.45, 7) is -0.120. The first-order valence-corrected chi connectivity index (χ1v) is 6.41. The van der Waals surface area contributed by atoms with E-state index in [1.54, 1.807) is 38.4 Å². The van der Waals surface area contributed by atoms with Gasteiger partial charge in [-0.05, 0) is 12.1 Å². The Kier molecular flexibility index (Phi) is 4.32. The quantitative estimate of drug-likeness (QED) is 0.829. The Labute approximate surface area is 121 Å². The first-order valence-electron chi connectivity index (χ1n) is 6.41. The van der Waals surface area contributed by atoms with E-state index in [4.69, 9.17) is 0 Å². The molecular weight excluding hydrogens is 272 g/mol. The summed E-state index contributed by atoms with van der Waals surface area (Å²) in [5.41, 5.74) is 0.393. The van der Waals surface area contributed by atoms with Gasteiger partial charge in [0.25, 0.3) is 0 Å². The summed E-state index contributed by atoms with van der Waals surface area (Å²) >= 11 is 0. The van der Waals surface area contributed by atoms with Gasteiger partial charge in [0, 0.05) is 19.5 Å². The molecule has 1 N–H and O–H groups in total. The van der Waals surface area contributed by atoms with Gasteiger partial charge in [0.05, 0.1) is 18.3 Å². The molecule has 0 radical (unpaired) electrons. The average molecular weight is 288 g/mol. The minimum atomic E-state index is -0.341. The van der Waals surface area contributed by atoms with Crippen molar-refractivity contribution in [3.63, 3.8) is 0 Å². The molecule has 0 bridgehead atoms. The molecule has 0 spiro atoms. The predicted molar refractivity (Wildman–Crippen MR) is 77.7 cm³/mol. The summed E-state index contributed by atoms with van der Waals surface area (Å²) < 4.78 is 1.44. The lowest BCUT2D eigenvalue weighted by Crippen LogP contribution is -2.38. The number of nitrogens with zero attached hydrogens (tertiary/aromatic N) is 3. The topological polar surface area (TPSA) is 84.3 Å². The molecule has 0 saturated heterocycles. The molecule has 21 heavy (non-hydrogen) atoms. The van der Waals surface area contributed by atoms with Gasteiger partial charge in [-0.2, -0.15) is 5.10 Å². The highest BCUT2D eigenvalue weighted by Gasteiger charge is 2.10. The fraction of sp³-hybridized carbons (Fsp3) is 0.286. The first-order chi connectivity index (χ1) is 9.99. The number of aromatic nitrogens is 2. The largest absolute Gasteiger partial charge is 0.347 e. The highest BCUT2D eigenvalue weighted by Crippen LogP contribution is 2.07. The van der Waals surface area contributed by atoms with E-state index in [2.05, 4.69) is 10.4 Å². The Morgan fingerprint density at radius 1 is 1.29 bits per heavy atom. The van der Waals surface area contributed by atoms with Crippen LogP contribution in [0.2, 0.25) is 0 Å². The molecule has 0 aliphatic carbocycles. The van der Waals surface area contributed by atoms with E-state index in [1.807, 2.05) is 0 Å². The van der Waals surface area contributed by atoms with Crippen molar-refractivity contribution in [3.8, 4) is 0 Å². The number of hydrogen-bond acceptors (Lipinski definition) is 4. The van der Waals surface area contributed by atoms with Gasteiger partial charge in [-0.25, -0.2) is 0 Å². The van der Waals surface area contributed by atoms with E-state index in [-0.39, 0.29) is 30.3 Å². The van der Waals surface area contributed by atoms with Crippen molar-refractivity contribution in [1.29, 1.82) is 0 Å². The van der Waals surface area contributed by atoms with E-state index < -0.39 is 0 Å². The third kappa shape index (κ3) is 3.44. The monoisotopic (exact) mass is 288 g/mol. The number of rotatable bonds is 4. The zero-order valence-corrected chi connectivity index (χ0v) is 11.9. The number of carbonyl (C=O) groups excluding carboxylic acids is 2. The zero-order valence-electron chi connectivity index (χ0n) is 11.9. The van der Waals surface area contributed by atoms with Crippen molar-refractivity contribution in [2.45, 2.75) is 6.54 Å². The maximum absolute atomic E-state index is 11.8. The smallest absolute Gasteiger partial charge is 0.242 e. The molecule has 1 aromatic carbocycles. The Hall–Kier alpha value is -2.70. The zero-order chi connectivity index (χ0) is 15.4. The standard InChI is InChI=1S/C14H16N4O3/c1-17(2)14(21)8-15-13(20)9-18-11-6-4-3-5-10(11)12(19)7-16-18/h3-7H,8-9H2,1-2H3,(H,15,20). The van der Waals surface area contributed by atoms with E-state index in [0.29, 0.717) is 10.9 Å². The highest BCUT2D eigenvalue weighted by atomic mass is 16.2. The first kappa shape index (κ1) is 14.7. The molecule has 1 aromatic heterocycles. The number of carbonyl (C=O) groups is 2. The molecule has 7 heteroatoms. The molecular formula is C14H16N4O3. The van der Waals surface area contributed by atoms with Gasteiger partial charge in [0.15, 0.2) is 0 Å². The van der Waals surface area contributed by atoms with Gasteiger partial charge in [-0.3, -0.25) is 19.1 Å². The number of fused-ring (bicyclic) bond motifs is 1. The van der Waals surface area contributed by atoms with Crippen molar-refractivity contribution in [1.82, 2.24) is 20.0 Å². The second-order valence-corrected chi connectivity index (χ2v) is 4.75. The molecule has 110 valence electrons.